The highest BCUT2D eigenvalue weighted by Gasteiger charge is 2.27. The first-order valence-corrected chi connectivity index (χ1v) is 5.46. The first kappa shape index (κ1) is 14.7. The smallest absolute Gasteiger partial charge is 0.411 e. The minimum absolute atomic E-state index is 0.0247. The fraction of sp³-hybridized carbons (Fsp3) is 0.364. The minimum Gasteiger partial charge on any atom is -0.491 e. The molecule has 0 bridgehead atoms. The highest BCUT2D eigenvalue weighted by molar-refractivity contribution is 7.80. The zero-order valence-corrected chi connectivity index (χ0v) is 10.2. The number of alkyl halides is 3. The van der Waals surface area contributed by atoms with Gasteiger partial charge < -0.3 is 15.2 Å². The highest BCUT2D eigenvalue weighted by atomic mass is 32.1. The largest absolute Gasteiger partial charge is 0.491 e. The topological polar surface area (TPSA) is 44.5 Å². The van der Waals surface area contributed by atoms with Gasteiger partial charge in [0.15, 0.2) is 0 Å². The second kappa shape index (κ2) is 6.55. The lowest BCUT2D eigenvalue weighted by atomic mass is 10.2. The average Bonchev–Trinajstić information content (AvgIpc) is 2.27. The number of thiocarbonyl (C=S) groups is 1. The predicted molar refractivity (Wildman–Crippen MR) is 64.7 cm³/mol. The first-order chi connectivity index (χ1) is 8.38. The third-order valence-electron chi connectivity index (χ3n) is 1.88. The van der Waals surface area contributed by atoms with E-state index in [1.54, 1.807) is 24.3 Å². The van der Waals surface area contributed by atoms with Crippen LogP contribution in [0.2, 0.25) is 0 Å². The van der Waals surface area contributed by atoms with Crippen molar-refractivity contribution in [2.45, 2.75) is 6.18 Å². The monoisotopic (exact) mass is 279 g/mol. The lowest BCUT2D eigenvalue weighted by Gasteiger charge is -2.09. The molecule has 0 saturated heterocycles. The van der Waals surface area contributed by atoms with E-state index in [4.69, 9.17) is 22.7 Å². The van der Waals surface area contributed by atoms with Crippen LogP contribution in [0.25, 0.3) is 0 Å². The molecular formula is C11H12F3NO2S. The molecule has 18 heavy (non-hydrogen) atoms. The molecule has 0 unspecified atom stereocenters. The van der Waals surface area contributed by atoms with Gasteiger partial charge in [0, 0.05) is 5.56 Å². The number of rotatable bonds is 6. The van der Waals surface area contributed by atoms with Crippen molar-refractivity contribution in [1.82, 2.24) is 0 Å². The Morgan fingerprint density at radius 1 is 1.28 bits per heavy atom. The highest BCUT2D eigenvalue weighted by Crippen LogP contribution is 2.15. The standard InChI is InChI=1S/C11H12F3NO2S/c12-11(13,14)7-16-4-5-17-9-3-1-2-8(6-9)10(15)18/h1-3,6H,4-5,7H2,(H2,15,18). The average molecular weight is 279 g/mol. The molecule has 0 heterocycles. The van der Waals surface area contributed by atoms with Gasteiger partial charge >= 0.3 is 6.18 Å². The molecule has 0 aliphatic carbocycles. The van der Waals surface area contributed by atoms with Gasteiger partial charge in [-0.05, 0) is 12.1 Å². The van der Waals surface area contributed by atoms with Crippen LogP contribution >= 0.6 is 12.2 Å². The maximum Gasteiger partial charge on any atom is 0.411 e. The molecule has 0 aliphatic rings. The van der Waals surface area contributed by atoms with Gasteiger partial charge in [0.2, 0.25) is 0 Å². The van der Waals surface area contributed by atoms with E-state index < -0.39 is 12.8 Å². The number of benzene rings is 1. The van der Waals surface area contributed by atoms with E-state index in [-0.39, 0.29) is 18.2 Å². The normalized spacial score (nSPS) is 11.3. The Hall–Kier alpha value is -1.34. The van der Waals surface area contributed by atoms with Gasteiger partial charge in [-0.25, -0.2) is 0 Å². The third-order valence-corrected chi connectivity index (χ3v) is 2.12. The SMILES string of the molecule is NC(=S)c1cccc(OCCOCC(F)(F)F)c1. The summed E-state index contributed by atoms with van der Waals surface area (Å²) >= 11 is 4.79. The van der Waals surface area contributed by atoms with Crippen molar-refractivity contribution < 1.29 is 22.6 Å². The van der Waals surface area contributed by atoms with Crippen LogP contribution in [-0.2, 0) is 4.74 Å². The summed E-state index contributed by atoms with van der Waals surface area (Å²) in [6.07, 6.45) is -4.31. The summed E-state index contributed by atoms with van der Waals surface area (Å²) in [6.45, 7) is -1.39. The number of nitrogens with two attached hydrogens (primary N) is 1. The molecule has 0 radical (unpaired) electrons. The zero-order valence-electron chi connectivity index (χ0n) is 9.37. The van der Waals surface area contributed by atoms with Gasteiger partial charge in [-0.15, -0.1) is 0 Å². The van der Waals surface area contributed by atoms with E-state index in [0.717, 1.165) is 0 Å². The summed E-state index contributed by atoms with van der Waals surface area (Å²) in [5.41, 5.74) is 6.07. The van der Waals surface area contributed by atoms with E-state index in [1.807, 2.05) is 0 Å². The van der Waals surface area contributed by atoms with Crippen molar-refractivity contribution in [3.63, 3.8) is 0 Å². The maximum absolute atomic E-state index is 11.8. The molecule has 1 aromatic rings. The van der Waals surface area contributed by atoms with Crippen LogP contribution in [0, 0.1) is 0 Å². The Morgan fingerprint density at radius 2 is 2.00 bits per heavy atom. The molecule has 0 atom stereocenters. The first-order valence-electron chi connectivity index (χ1n) is 5.05. The summed E-state index contributed by atoms with van der Waals surface area (Å²) < 4.78 is 44.9. The van der Waals surface area contributed by atoms with Crippen molar-refractivity contribution in [3.05, 3.63) is 29.8 Å². The van der Waals surface area contributed by atoms with Crippen LogP contribution < -0.4 is 10.5 Å². The Bertz CT molecular complexity index is 410. The molecule has 100 valence electrons. The number of hydrogen-bond donors (Lipinski definition) is 1. The van der Waals surface area contributed by atoms with Crippen LogP contribution in [0.3, 0.4) is 0 Å². The summed E-state index contributed by atoms with van der Waals surface area (Å²) in [7, 11) is 0. The Labute approximate surface area is 108 Å². The van der Waals surface area contributed by atoms with Crippen LogP contribution in [0.5, 0.6) is 5.75 Å². The van der Waals surface area contributed by atoms with Gasteiger partial charge in [-0.1, -0.05) is 24.4 Å². The van der Waals surface area contributed by atoms with Crippen molar-refractivity contribution >= 4 is 17.2 Å². The third kappa shape index (κ3) is 5.83. The molecule has 0 saturated carbocycles. The van der Waals surface area contributed by atoms with Gasteiger partial charge in [-0.3, -0.25) is 0 Å². The second-order valence-corrected chi connectivity index (χ2v) is 3.85. The molecule has 1 aromatic carbocycles. The Kier molecular flexibility index (Phi) is 5.36. The quantitative estimate of drug-likeness (QED) is 0.641. The molecule has 0 aromatic heterocycles. The van der Waals surface area contributed by atoms with E-state index in [1.165, 1.54) is 0 Å². The molecule has 0 fully saturated rings. The Balaban J connectivity index is 2.31. The molecule has 2 N–H and O–H groups in total. The molecule has 7 heteroatoms. The van der Waals surface area contributed by atoms with Crippen LogP contribution in [-0.4, -0.2) is 31.0 Å². The summed E-state index contributed by atoms with van der Waals surface area (Å²) in [5, 5.41) is 0. The number of ether oxygens (including phenoxy) is 2. The number of halogens is 3. The lowest BCUT2D eigenvalue weighted by Crippen LogP contribution is -2.19. The molecule has 3 nitrogen and oxygen atoms in total. The van der Waals surface area contributed by atoms with Crippen LogP contribution in [0.4, 0.5) is 13.2 Å². The Morgan fingerprint density at radius 3 is 2.61 bits per heavy atom. The second-order valence-electron chi connectivity index (χ2n) is 3.41. The van der Waals surface area contributed by atoms with Crippen molar-refractivity contribution in [3.8, 4) is 5.75 Å². The summed E-state index contributed by atoms with van der Waals surface area (Å²) in [6, 6.07) is 6.69. The predicted octanol–water partition coefficient (Wildman–Crippen LogP) is 2.28. The van der Waals surface area contributed by atoms with Crippen molar-refractivity contribution in [1.29, 1.82) is 0 Å². The van der Waals surface area contributed by atoms with Crippen molar-refractivity contribution in [2.24, 2.45) is 5.73 Å². The van der Waals surface area contributed by atoms with E-state index >= 15 is 0 Å². The lowest BCUT2D eigenvalue weighted by molar-refractivity contribution is -0.175. The molecule has 0 aliphatic heterocycles. The summed E-state index contributed by atoms with van der Waals surface area (Å²) in [4.78, 5) is 0.230. The van der Waals surface area contributed by atoms with Gasteiger partial charge in [0.1, 0.15) is 24.0 Å². The van der Waals surface area contributed by atoms with Crippen LogP contribution in [0.15, 0.2) is 24.3 Å². The zero-order chi connectivity index (χ0) is 13.6. The van der Waals surface area contributed by atoms with E-state index in [9.17, 15) is 13.2 Å². The van der Waals surface area contributed by atoms with Crippen LogP contribution in [0.1, 0.15) is 5.56 Å². The summed E-state index contributed by atoms with van der Waals surface area (Å²) in [5.74, 6) is 0.482. The van der Waals surface area contributed by atoms with E-state index in [2.05, 4.69) is 4.74 Å². The fourth-order valence-electron chi connectivity index (χ4n) is 1.15. The maximum atomic E-state index is 11.8. The van der Waals surface area contributed by atoms with Gasteiger partial charge in [0.25, 0.3) is 0 Å². The minimum atomic E-state index is -4.31. The molecular weight excluding hydrogens is 267 g/mol. The molecule has 1 rings (SSSR count). The van der Waals surface area contributed by atoms with E-state index in [0.29, 0.717) is 11.3 Å². The van der Waals surface area contributed by atoms with Crippen molar-refractivity contribution in [2.75, 3.05) is 19.8 Å². The molecule has 0 spiro atoms. The molecule has 0 amide bonds. The number of hydrogen-bond acceptors (Lipinski definition) is 3. The van der Waals surface area contributed by atoms with Gasteiger partial charge in [0.05, 0.1) is 6.61 Å². The fourth-order valence-corrected chi connectivity index (χ4v) is 1.27. The van der Waals surface area contributed by atoms with Gasteiger partial charge in [-0.2, -0.15) is 13.2 Å².